The molecule has 0 aliphatic rings. The van der Waals surface area contributed by atoms with Crippen LogP contribution in [0, 0.1) is 6.92 Å². The molecule has 4 nitrogen and oxygen atoms in total. The molecule has 2 rings (SSSR count). The molecule has 25 heavy (non-hydrogen) atoms. The zero-order valence-electron chi connectivity index (χ0n) is 13.3. The average molecular weight is 351 g/mol. The Balaban J connectivity index is 2.13. The number of halogens is 3. The van der Waals surface area contributed by atoms with Gasteiger partial charge >= 0.3 is 12.1 Å². The van der Waals surface area contributed by atoms with E-state index in [0.717, 1.165) is 35.4 Å². The molecule has 132 valence electrons. The first-order chi connectivity index (χ1) is 11.7. The largest absolute Gasteiger partial charge is 0.480 e. The number of nitrogens with one attached hydrogen (secondary N) is 1. The monoisotopic (exact) mass is 351 g/mol. The zero-order valence-corrected chi connectivity index (χ0v) is 13.3. The molecule has 0 aliphatic heterocycles. The second-order valence-electron chi connectivity index (χ2n) is 5.57. The van der Waals surface area contributed by atoms with E-state index in [1.54, 1.807) is 12.1 Å². The molecule has 0 fully saturated rings. The highest BCUT2D eigenvalue weighted by molar-refractivity contribution is 5.96. The molecule has 2 aromatic carbocycles. The van der Waals surface area contributed by atoms with Crippen LogP contribution in [0.3, 0.4) is 0 Å². The molecule has 0 aromatic heterocycles. The van der Waals surface area contributed by atoms with Crippen LogP contribution in [0.25, 0.3) is 0 Å². The third kappa shape index (κ3) is 4.82. The number of hydrogen-bond acceptors (Lipinski definition) is 2. The van der Waals surface area contributed by atoms with Crippen molar-refractivity contribution in [3.63, 3.8) is 0 Å². The lowest BCUT2D eigenvalue weighted by Crippen LogP contribution is -2.42. The molecule has 0 saturated heterocycles. The van der Waals surface area contributed by atoms with E-state index in [2.05, 4.69) is 5.32 Å². The van der Waals surface area contributed by atoms with Gasteiger partial charge in [-0.15, -0.1) is 0 Å². The number of amides is 1. The van der Waals surface area contributed by atoms with Gasteiger partial charge in [-0.05, 0) is 42.3 Å². The molecule has 7 heteroatoms. The van der Waals surface area contributed by atoms with E-state index in [1.165, 1.54) is 0 Å². The summed E-state index contributed by atoms with van der Waals surface area (Å²) < 4.78 is 37.6. The van der Waals surface area contributed by atoms with Crippen molar-refractivity contribution < 1.29 is 27.9 Å². The number of carbonyl (C=O) groups excluding carboxylic acids is 1. The van der Waals surface area contributed by atoms with Crippen molar-refractivity contribution in [3.05, 3.63) is 70.8 Å². The minimum Gasteiger partial charge on any atom is -0.480 e. The van der Waals surface area contributed by atoms with Crippen LogP contribution < -0.4 is 5.32 Å². The highest BCUT2D eigenvalue weighted by Crippen LogP contribution is 2.29. The summed E-state index contributed by atoms with van der Waals surface area (Å²) in [5.74, 6) is -1.96. The van der Waals surface area contributed by atoms with E-state index in [9.17, 15) is 27.9 Å². The normalized spacial score (nSPS) is 12.5. The van der Waals surface area contributed by atoms with Gasteiger partial charge in [0.05, 0.1) is 5.56 Å². The van der Waals surface area contributed by atoms with Crippen LogP contribution in [0.15, 0.2) is 48.5 Å². The van der Waals surface area contributed by atoms with Crippen LogP contribution in [-0.2, 0) is 17.4 Å². The van der Waals surface area contributed by atoms with Gasteiger partial charge in [-0.25, -0.2) is 4.79 Å². The van der Waals surface area contributed by atoms with Gasteiger partial charge in [-0.2, -0.15) is 13.2 Å². The van der Waals surface area contributed by atoms with Crippen LogP contribution in [-0.4, -0.2) is 23.0 Å². The standard InChI is InChI=1S/C18H16F3NO3/c1-11-4-2-3-5-13(11)10-15(17(24)25)22-16(23)12-6-8-14(9-7-12)18(19,20)21/h2-9,15H,10H2,1H3,(H,22,23)(H,24,25)/t15-/m0/s1. The number of rotatable bonds is 5. The zero-order chi connectivity index (χ0) is 18.6. The molecule has 0 saturated carbocycles. The average Bonchev–Trinajstić information content (AvgIpc) is 2.55. The van der Waals surface area contributed by atoms with E-state index < -0.39 is 29.7 Å². The predicted octanol–water partition coefficient (Wildman–Crippen LogP) is 3.44. The summed E-state index contributed by atoms with van der Waals surface area (Å²) >= 11 is 0. The number of aryl methyl sites for hydroxylation is 1. The van der Waals surface area contributed by atoms with Crippen molar-refractivity contribution in [1.29, 1.82) is 0 Å². The summed E-state index contributed by atoms with van der Waals surface area (Å²) in [6, 6.07) is 9.58. The number of aliphatic carboxylic acids is 1. The lowest BCUT2D eigenvalue weighted by molar-refractivity contribution is -0.139. The Labute approximate surface area is 142 Å². The maximum absolute atomic E-state index is 12.5. The second-order valence-corrected chi connectivity index (χ2v) is 5.57. The minimum absolute atomic E-state index is 0.0379. The van der Waals surface area contributed by atoms with Crippen molar-refractivity contribution in [3.8, 4) is 0 Å². The SMILES string of the molecule is Cc1ccccc1C[C@H](NC(=O)c1ccc(C(F)(F)F)cc1)C(=O)O. The van der Waals surface area contributed by atoms with Crippen molar-refractivity contribution in [2.75, 3.05) is 0 Å². The van der Waals surface area contributed by atoms with E-state index in [-0.39, 0.29) is 12.0 Å². The van der Waals surface area contributed by atoms with E-state index >= 15 is 0 Å². The Morgan fingerprint density at radius 1 is 1.08 bits per heavy atom. The van der Waals surface area contributed by atoms with Crippen molar-refractivity contribution in [1.82, 2.24) is 5.32 Å². The number of alkyl halides is 3. The Hall–Kier alpha value is -2.83. The van der Waals surface area contributed by atoms with Crippen LogP contribution in [0.5, 0.6) is 0 Å². The van der Waals surface area contributed by atoms with Gasteiger partial charge in [0, 0.05) is 12.0 Å². The molecule has 2 aromatic rings. The molecule has 0 aliphatic carbocycles. The van der Waals surface area contributed by atoms with Gasteiger partial charge in [-0.3, -0.25) is 4.79 Å². The number of carbonyl (C=O) groups is 2. The number of carboxylic acids is 1. The van der Waals surface area contributed by atoms with Crippen molar-refractivity contribution in [2.24, 2.45) is 0 Å². The number of hydrogen-bond donors (Lipinski definition) is 2. The lowest BCUT2D eigenvalue weighted by Gasteiger charge is -2.16. The first-order valence-electron chi connectivity index (χ1n) is 7.44. The maximum atomic E-state index is 12.5. The third-order valence-electron chi connectivity index (χ3n) is 3.76. The van der Waals surface area contributed by atoms with Gasteiger partial charge in [0.2, 0.25) is 0 Å². The predicted molar refractivity (Wildman–Crippen MR) is 85.2 cm³/mol. The Morgan fingerprint density at radius 3 is 2.20 bits per heavy atom. The minimum atomic E-state index is -4.50. The van der Waals surface area contributed by atoms with Gasteiger partial charge in [0.1, 0.15) is 6.04 Å². The summed E-state index contributed by atoms with van der Waals surface area (Å²) in [5.41, 5.74) is 0.739. The fourth-order valence-electron chi connectivity index (χ4n) is 2.31. The molecular formula is C18H16F3NO3. The molecule has 0 heterocycles. The van der Waals surface area contributed by atoms with E-state index in [1.807, 2.05) is 19.1 Å². The van der Waals surface area contributed by atoms with Gasteiger partial charge in [0.25, 0.3) is 5.91 Å². The second kappa shape index (κ2) is 7.38. The molecule has 1 atom stereocenters. The molecule has 0 bridgehead atoms. The summed E-state index contributed by atoms with van der Waals surface area (Å²) in [4.78, 5) is 23.5. The van der Waals surface area contributed by atoms with E-state index in [0.29, 0.717) is 0 Å². The molecular weight excluding hydrogens is 335 g/mol. The summed E-state index contributed by atoms with van der Waals surface area (Å²) in [5, 5.41) is 11.7. The molecule has 0 radical (unpaired) electrons. The topological polar surface area (TPSA) is 66.4 Å². The number of benzene rings is 2. The Morgan fingerprint density at radius 2 is 1.68 bits per heavy atom. The maximum Gasteiger partial charge on any atom is 0.416 e. The highest BCUT2D eigenvalue weighted by Gasteiger charge is 2.30. The van der Waals surface area contributed by atoms with Gasteiger partial charge in [0.15, 0.2) is 0 Å². The first kappa shape index (κ1) is 18.5. The van der Waals surface area contributed by atoms with Crippen molar-refractivity contribution >= 4 is 11.9 Å². The van der Waals surface area contributed by atoms with Crippen molar-refractivity contribution in [2.45, 2.75) is 25.6 Å². The van der Waals surface area contributed by atoms with E-state index in [4.69, 9.17) is 0 Å². The first-order valence-corrected chi connectivity index (χ1v) is 7.44. The van der Waals surface area contributed by atoms with Crippen LogP contribution >= 0.6 is 0 Å². The quantitative estimate of drug-likeness (QED) is 0.867. The summed E-state index contributed by atoms with van der Waals surface area (Å²) in [7, 11) is 0. The highest BCUT2D eigenvalue weighted by atomic mass is 19.4. The molecule has 1 amide bonds. The Bertz CT molecular complexity index is 770. The van der Waals surface area contributed by atoms with Crippen LogP contribution in [0.1, 0.15) is 27.0 Å². The Kier molecular flexibility index (Phi) is 5.46. The molecule has 2 N–H and O–H groups in total. The van der Waals surface area contributed by atoms with Gasteiger partial charge < -0.3 is 10.4 Å². The van der Waals surface area contributed by atoms with Crippen LogP contribution in [0.4, 0.5) is 13.2 Å². The van der Waals surface area contributed by atoms with Gasteiger partial charge in [-0.1, -0.05) is 24.3 Å². The molecule has 0 unspecified atom stereocenters. The fraction of sp³-hybridized carbons (Fsp3) is 0.222. The fourth-order valence-corrected chi connectivity index (χ4v) is 2.31. The molecule has 0 spiro atoms. The summed E-state index contributed by atoms with van der Waals surface area (Å²) in [6.45, 7) is 1.83. The lowest BCUT2D eigenvalue weighted by atomic mass is 10.0. The smallest absolute Gasteiger partial charge is 0.416 e. The third-order valence-corrected chi connectivity index (χ3v) is 3.76. The summed E-state index contributed by atoms with van der Waals surface area (Å²) in [6.07, 6.45) is -4.42. The number of carboxylic acid groups (broad SMARTS) is 1. The van der Waals surface area contributed by atoms with Crippen LogP contribution in [0.2, 0.25) is 0 Å².